The van der Waals surface area contributed by atoms with Crippen LogP contribution in [0.15, 0.2) is 91.0 Å². The molecule has 0 fully saturated rings. The van der Waals surface area contributed by atoms with Crippen LogP contribution in [-0.2, 0) is 0 Å². The van der Waals surface area contributed by atoms with Gasteiger partial charge in [0.1, 0.15) is 11.5 Å². The third-order valence-corrected chi connectivity index (χ3v) is 4.18. The van der Waals surface area contributed by atoms with E-state index in [1.807, 2.05) is 36.4 Å². The summed E-state index contributed by atoms with van der Waals surface area (Å²) in [5.74, 6) is 1.71. The van der Waals surface area contributed by atoms with Crippen LogP contribution in [0.5, 0.6) is 11.5 Å². The maximum atomic E-state index is 5.91. The number of fused-ring (bicyclic) bond motifs is 1. The molecule has 0 saturated heterocycles. The van der Waals surface area contributed by atoms with Crippen molar-refractivity contribution < 1.29 is 4.74 Å². The molecule has 4 aromatic rings. The van der Waals surface area contributed by atoms with Gasteiger partial charge in [-0.2, -0.15) is 0 Å². The normalized spacial score (nSPS) is 10.7. The van der Waals surface area contributed by atoms with Crippen LogP contribution in [-0.4, -0.2) is 0 Å². The molecule has 1 nitrogen and oxygen atoms in total. The summed E-state index contributed by atoms with van der Waals surface area (Å²) in [6.45, 7) is 2.11. The molecule has 0 aliphatic rings. The Morgan fingerprint density at radius 2 is 1.21 bits per heavy atom. The molecular formula is C23H18O. The number of benzene rings is 4. The summed E-state index contributed by atoms with van der Waals surface area (Å²) < 4.78 is 5.91. The van der Waals surface area contributed by atoms with Crippen LogP contribution in [0.3, 0.4) is 0 Å². The molecule has 0 unspecified atom stereocenters. The Morgan fingerprint density at radius 3 is 2.00 bits per heavy atom. The van der Waals surface area contributed by atoms with E-state index < -0.39 is 0 Å². The third kappa shape index (κ3) is 3.02. The predicted molar refractivity (Wildman–Crippen MR) is 101 cm³/mol. The van der Waals surface area contributed by atoms with Crippen LogP contribution in [0, 0.1) is 6.92 Å². The van der Waals surface area contributed by atoms with E-state index in [-0.39, 0.29) is 0 Å². The second kappa shape index (κ2) is 6.21. The first-order chi connectivity index (χ1) is 11.8. The van der Waals surface area contributed by atoms with Crippen molar-refractivity contribution in [3.8, 4) is 22.6 Å². The largest absolute Gasteiger partial charge is 0.457 e. The van der Waals surface area contributed by atoms with Crippen LogP contribution in [0.2, 0.25) is 0 Å². The fourth-order valence-corrected chi connectivity index (χ4v) is 2.84. The minimum atomic E-state index is 0.855. The first-order valence-corrected chi connectivity index (χ1v) is 8.12. The van der Waals surface area contributed by atoms with Gasteiger partial charge in [-0.05, 0) is 59.2 Å². The zero-order valence-corrected chi connectivity index (χ0v) is 13.6. The lowest BCUT2D eigenvalue weighted by atomic mass is 10.0. The van der Waals surface area contributed by atoms with E-state index in [1.54, 1.807) is 0 Å². The van der Waals surface area contributed by atoms with Gasteiger partial charge in [-0.1, -0.05) is 66.2 Å². The standard InChI is InChI=1S/C23H18O/c1-17-7-9-18(10-8-17)19-11-12-21-16-23(14-13-20(21)15-19)24-22-5-3-2-4-6-22/h2-16H,1H3. The van der Waals surface area contributed by atoms with Gasteiger partial charge in [-0.3, -0.25) is 0 Å². The van der Waals surface area contributed by atoms with Crippen LogP contribution >= 0.6 is 0 Å². The van der Waals surface area contributed by atoms with E-state index in [9.17, 15) is 0 Å². The van der Waals surface area contributed by atoms with E-state index in [4.69, 9.17) is 4.74 Å². The van der Waals surface area contributed by atoms with Crippen LogP contribution in [0.25, 0.3) is 21.9 Å². The maximum Gasteiger partial charge on any atom is 0.128 e. The summed E-state index contributed by atoms with van der Waals surface area (Å²) in [7, 11) is 0. The topological polar surface area (TPSA) is 9.23 Å². The van der Waals surface area contributed by atoms with Gasteiger partial charge in [-0.15, -0.1) is 0 Å². The lowest BCUT2D eigenvalue weighted by Gasteiger charge is -2.08. The Kier molecular flexibility index (Phi) is 3.76. The molecule has 4 aromatic carbocycles. The minimum Gasteiger partial charge on any atom is -0.457 e. The molecule has 24 heavy (non-hydrogen) atoms. The van der Waals surface area contributed by atoms with E-state index in [0.29, 0.717) is 0 Å². The number of ether oxygens (including phenoxy) is 1. The van der Waals surface area contributed by atoms with Crippen molar-refractivity contribution in [2.24, 2.45) is 0 Å². The van der Waals surface area contributed by atoms with Gasteiger partial charge in [0.25, 0.3) is 0 Å². The highest BCUT2D eigenvalue weighted by atomic mass is 16.5. The summed E-state index contributed by atoms with van der Waals surface area (Å²) in [6, 6.07) is 31.3. The highest BCUT2D eigenvalue weighted by Crippen LogP contribution is 2.29. The van der Waals surface area contributed by atoms with Gasteiger partial charge >= 0.3 is 0 Å². The van der Waals surface area contributed by atoms with Crippen LogP contribution < -0.4 is 4.74 Å². The Bertz CT molecular complexity index is 970. The monoisotopic (exact) mass is 310 g/mol. The molecule has 0 aliphatic heterocycles. The first-order valence-electron chi connectivity index (χ1n) is 8.12. The highest BCUT2D eigenvalue weighted by Gasteiger charge is 2.02. The zero-order valence-electron chi connectivity index (χ0n) is 13.6. The lowest BCUT2D eigenvalue weighted by molar-refractivity contribution is 0.483. The Morgan fingerprint density at radius 1 is 0.542 bits per heavy atom. The molecule has 0 radical (unpaired) electrons. The number of hydrogen-bond donors (Lipinski definition) is 0. The van der Waals surface area contributed by atoms with E-state index in [1.165, 1.54) is 27.5 Å². The smallest absolute Gasteiger partial charge is 0.128 e. The average molecular weight is 310 g/mol. The summed E-state index contributed by atoms with van der Waals surface area (Å²) in [6.07, 6.45) is 0. The van der Waals surface area contributed by atoms with Crippen molar-refractivity contribution in [3.63, 3.8) is 0 Å². The van der Waals surface area contributed by atoms with Crippen molar-refractivity contribution in [2.75, 3.05) is 0 Å². The van der Waals surface area contributed by atoms with Gasteiger partial charge in [-0.25, -0.2) is 0 Å². The third-order valence-electron chi connectivity index (χ3n) is 4.18. The van der Waals surface area contributed by atoms with Crippen LogP contribution in [0.1, 0.15) is 5.56 Å². The molecule has 0 aliphatic carbocycles. The molecule has 0 amide bonds. The quantitative estimate of drug-likeness (QED) is 0.414. The molecule has 4 rings (SSSR count). The number of aryl methyl sites for hydroxylation is 1. The first kappa shape index (κ1) is 14.5. The summed E-state index contributed by atoms with van der Waals surface area (Å²) in [5, 5.41) is 2.40. The van der Waals surface area contributed by atoms with Gasteiger partial charge in [0.15, 0.2) is 0 Å². The van der Waals surface area contributed by atoms with Crippen molar-refractivity contribution in [2.45, 2.75) is 6.92 Å². The minimum absolute atomic E-state index is 0.855. The second-order valence-electron chi connectivity index (χ2n) is 6.00. The fraction of sp³-hybridized carbons (Fsp3) is 0.0435. The molecule has 1 heteroatoms. The molecule has 0 heterocycles. The number of rotatable bonds is 3. The number of hydrogen-bond acceptors (Lipinski definition) is 1. The molecule has 0 N–H and O–H groups in total. The number of para-hydroxylation sites is 1. The van der Waals surface area contributed by atoms with Gasteiger partial charge in [0.2, 0.25) is 0 Å². The molecular weight excluding hydrogens is 292 g/mol. The second-order valence-corrected chi connectivity index (χ2v) is 6.00. The lowest BCUT2D eigenvalue weighted by Crippen LogP contribution is -1.84. The molecule has 0 atom stereocenters. The molecule has 0 saturated carbocycles. The fourth-order valence-electron chi connectivity index (χ4n) is 2.84. The Hall–Kier alpha value is -3.06. The summed E-state index contributed by atoms with van der Waals surface area (Å²) in [5.41, 5.74) is 3.76. The summed E-state index contributed by atoms with van der Waals surface area (Å²) in [4.78, 5) is 0. The molecule has 116 valence electrons. The van der Waals surface area contributed by atoms with Gasteiger partial charge in [0, 0.05) is 0 Å². The van der Waals surface area contributed by atoms with E-state index in [0.717, 1.165) is 11.5 Å². The SMILES string of the molecule is Cc1ccc(-c2ccc3cc(Oc4ccccc4)ccc3c2)cc1. The Balaban J connectivity index is 1.66. The molecule has 0 spiro atoms. The van der Waals surface area contributed by atoms with Crippen molar-refractivity contribution in [3.05, 3.63) is 96.6 Å². The molecule has 0 bridgehead atoms. The average Bonchev–Trinajstić information content (AvgIpc) is 2.63. The predicted octanol–water partition coefficient (Wildman–Crippen LogP) is 6.61. The van der Waals surface area contributed by atoms with E-state index in [2.05, 4.69) is 61.5 Å². The van der Waals surface area contributed by atoms with Gasteiger partial charge < -0.3 is 4.74 Å². The zero-order chi connectivity index (χ0) is 16.4. The summed E-state index contributed by atoms with van der Waals surface area (Å²) >= 11 is 0. The van der Waals surface area contributed by atoms with Gasteiger partial charge in [0.05, 0.1) is 0 Å². The molecule has 0 aromatic heterocycles. The van der Waals surface area contributed by atoms with Crippen LogP contribution in [0.4, 0.5) is 0 Å². The highest BCUT2D eigenvalue weighted by molar-refractivity contribution is 5.88. The van der Waals surface area contributed by atoms with Crippen molar-refractivity contribution in [1.82, 2.24) is 0 Å². The Labute approximate surface area is 142 Å². The van der Waals surface area contributed by atoms with Crippen molar-refractivity contribution in [1.29, 1.82) is 0 Å². The van der Waals surface area contributed by atoms with Crippen molar-refractivity contribution >= 4 is 10.8 Å². The van der Waals surface area contributed by atoms with E-state index >= 15 is 0 Å². The maximum absolute atomic E-state index is 5.91.